The number of nitrogens with zero attached hydrogens (tertiary/aromatic N) is 3. The number of hydrogen-bond acceptors (Lipinski definition) is 3. The van der Waals surface area contributed by atoms with Gasteiger partial charge in [-0.3, -0.25) is 0 Å². The molecule has 21 heavy (non-hydrogen) atoms. The van der Waals surface area contributed by atoms with Crippen LogP contribution < -0.4 is 0 Å². The fourth-order valence-electron chi connectivity index (χ4n) is 1.88. The van der Waals surface area contributed by atoms with Crippen LogP contribution in [0.2, 0.25) is 10.0 Å². The van der Waals surface area contributed by atoms with Crippen LogP contribution in [0.1, 0.15) is 42.8 Å². The van der Waals surface area contributed by atoms with Crippen molar-refractivity contribution < 1.29 is 9.90 Å². The number of benzene rings is 1. The third-order valence-corrected chi connectivity index (χ3v) is 3.72. The molecular weight excluding hydrogens is 313 g/mol. The summed E-state index contributed by atoms with van der Waals surface area (Å²) in [5.41, 5.74) is 0.850. The maximum Gasteiger partial charge on any atom is 0.375 e. The minimum Gasteiger partial charge on any atom is -0.475 e. The number of aromatic nitrogens is 3. The van der Waals surface area contributed by atoms with E-state index in [1.54, 1.807) is 12.1 Å². The topological polar surface area (TPSA) is 68.0 Å². The molecule has 112 valence electrons. The molecule has 0 saturated heterocycles. The fraction of sp³-hybridized carbons (Fsp3) is 0.357. The molecule has 0 fully saturated rings. The smallest absolute Gasteiger partial charge is 0.375 e. The van der Waals surface area contributed by atoms with Crippen LogP contribution in [-0.2, 0) is 5.41 Å². The van der Waals surface area contributed by atoms with E-state index < -0.39 is 11.4 Å². The van der Waals surface area contributed by atoms with Crippen LogP contribution >= 0.6 is 23.2 Å². The Labute approximate surface area is 132 Å². The highest BCUT2D eigenvalue weighted by molar-refractivity contribution is 6.38. The van der Waals surface area contributed by atoms with Crippen LogP contribution in [0.25, 0.3) is 5.69 Å². The van der Waals surface area contributed by atoms with Gasteiger partial charge in [-0.1, -0.05) is 50.0 Å². The average Bonchev–Trinajstić information content (AvgIpc) is 2.79. The third-order valence-electron chi connectivity index (χ3n) is 2.94. The van der Waals surface area contributed by atoms with E-state index in [-0.39, 0.29) is 5.82 Å². The molecule has 0 atom stereocenters. The first-order chi connectivity index (χ1) is 9.62. The highest BCUT2D eigenvalue weighted by Crippen LogP contribution is 2.34. The summed E-state index contributed by atoms with van der Waals surface area (Å²) in [6.07, 6.45) is 0. The second-order valence-corrected chi connectivity index (χ2v) is 6.54. The predicted octanol–water partition coefficient (Wildman–Crippen LogP) is 3.88. The van der Waals surface area contributed by atoms with E-state index >= 15 is 0 Å². The van der Waals surface area contributed by atoms with E-state index in [0.717, 1.165) is 5.56 Å². The van der Waals surface area contributed by atoms with E-state index in [4.69, 9.17) is 28.3 Å². The van der Waals surface area contributed by atoms with Gasteiger partial charge in [0.2, 0.25) is 0 Å². The number of rotatable bonds is 2. The molecule has 0 unspecified atom stereocenters. The number of aromatic carboxylic acids is 1. The van der Waals surface area contributed by atoms with Gasteiger partial charge in [0, 0.05) is 5.41 Å². The molecule has 7 heteroatoms. The summed E-state index contributed by atoms with van der Waals surface area (Å²) in [6, 6.07) is 3.49. The van der Waals surface area contributed by atoms with Gasteiger partial charge >= 0.3 is 5.97 Å². The van der Waals surface area contributed by atoms with Crippen LogP contribution in [0.15, 0.2) is 12.1 Å². The van der Waals surface area contributed by atoms with Crippen molar-refractivity contribution in [2.45, 2.75) is 33.1 Å². The Balaban J connectivity index is 2.81. The summed E-state index contributed by atoms with van der Waals surface area (Å²) in [4.78, 5) is 15.3. The van der Waals surface area contributed by atoms with Crippen molar-refractivity contribution in [3.05, 3.63) is 39.4 Å². The first kappa shape index (κ1) is 15.8. The molecule has 0 bridgehead atoms. The average molecular weight is 328 g/mol. The Morgan fingerprint density at radius 1 is 1.29 bits per heavy atom. The largest absolute Gasteiger partial charge is 0.475 e. The molecule has 1 aromatic heterocycles. The van der Waals surface area contributed by atoms with Crippen molar-refractivity contribution >= 4 is 29.2 Å². The lowest BCUT2D eigenvalue weighted by atomic mass is 9.95. The van der Waals surface area contributed by atoms with Crippen molar-refractivity contribution in [2.75, 3.05) is 0 Å². The molecule has 2 aromatic rings. The molecule has 0 saturated carbocycles. The zero-order valence-electron chi connectivity index (χ0n) is 12.1. The molecule has 0 radical (unpaired) electrons. The number of carboxylic acids is 1. The molecule has 0 aliphatic heterocycles. The Hall–Kier alpha value is -1.59. The maximum atomic E-state index is 11.2. The highest BCUT2D eigenvalue weighted by atomic mass is 35.5. The van der Waals surface area contributed by atoms with Gasteiger partial charge in [0.25, 0.3) is 5.82 Å². The third kappa shape index (κ3) is 2.89. The normalized spacial score (nSPS) is 11.7. The molecule has 5 nitrogen and oxygen atoms in total. The van der Waals surface area contributed by atoms with Crippen LogP contribution in [0.4, 0.5) is 0 Å². The molecule has 2 rings (SSSR count). The molecule has 1 N–H and O–H groups in total. The van der Waals surface area contributed by atoms with Gasteiger partial charge in [0.15, 0.2) is 0 Å². The van der Waals surface area contributed by atoms with Crippen molar-refractivity contribution in [2.24, 2.45) is 0 Å². The monoisotopic (exact) mass is 327 g/mol. The first-order valence-corrected chi connectivity index (χ1v) is 7.04. The second-order valence-electron chi connectivity index (χ2n) is 5.75. The van der Waals surface area contributed by atoms with E-state index in [9.17, 15) is 4.79 Å². The lowest BCUT2D eigenvalue weighted by Crippen LogP contribution is -2.19. The Morgan fingerprint density at radius 2 is 1.90 bits per heavy atom. The summed E-state index contributed by atoms with van der Waals surface area (Å²) in [5, 5.41) is 14.0. The van der Waals surface area contributed by atoms with Crippen molar-refractivity contribution in [3.63, 3.8) is 0 Å². The predicted molar refractivity (Wildman–Crippen MR) is 81.8 cm³/mol. The van der Waals surface area contributed by atoms with Crippen molar-refractivity contribution in [3.8, 4) is 5.69 Å². The molecular formula is C14H15Cl2N3O2. The van der Waals surface area contributed by atoms with Crippen LogP contribution in [0, 0.1) is 6.92 Å². The van der Waals surface area contributed by atoms with E-state index in [1.165, 1.54) is 4.68 Å². The maximum absolute atomic E-state index is 11.2. The second kappa shape index (κ2) is 5.31. The molecule has 0 aliphatic rings. The number of halogens is 2. The summed E-state index contributed by atoms with van der Waals surface area (Å²) >= 11 is 12.5. The van der Waals surface area contributed by atoms with E-state index in [1.807, 2.05) is 27.7 Å². The fourth-order valence-corrected chi connectivity index (χ4v) is 2.41. The van der Waals surface area contributed by atoms with Crippen LogP contribution in [0.5, 0.6) is 0 Å². The SMILES string of the molecule is Cc1ccc(Cl)c(-n2nc(C(=O)O)nc2C(C)(C)C)c1Cl. The zero-order chi connectivity index (χ0) is 15.9. The number of carboxylic acid groups (broad SMARTS) is 1. The van der Waals surface area contributed by atoms with E-state index in [2.05, 4.69) is 10.1 Å². The lowest BCUT2D eigenvalue weighted by Gasteiger charge is -2.19. The number of hydrogen-bond donors (Lipinski definition) is 1. The summed E-state index contributed by atoms with van der Waals surface area (Å²) in [5.74, 6) is -0.998. The highest BCUT2D eigenvalue weighted by Gasteiger charge is 2.28. The van der Waals surface area contributed by atoms with Crippen LogP contribution in [0.3, 0.4) is 0 Å². The standard InChI is InChI=1S/C14H15Cl2N3O2/c1-7-5-6-8(15)10(9(7)16)19-13(14(2,3)4)17-11(18-19)12(20)21/h5-6H,1-4H3,(H,20,21). The van der Waals surface area contributed by atoms with Gasteiger partial charge in [-0.05, 0) is 18.6 Å². The van der Waals surface area contributed by atoms with Gasteiger partial charge < -0.3 is 5.11 Å². The number of aryl methyl sites for hydroxylation is 1. The van der Waals surface area contributed by atoms with Crippen molar-refractivity contribution in [1.29, 1.82) is 0 Å². The Kier molecular flexibility index (Phi) is 4.00. The Bertz CT molecular complexity index is 718. The number of carbonyl (C=O) groups is 1. The van der Waals surface area contributed by atoms with E-state index in [0.29, 0.717) is 21.6 Å². The summed E-state index contributed by atoms with van der Waals surface area (Å²) in [6.45, 7) is 7.58. The van der Waals surface area contributed by atoms with Crippen LogP contribution in [-0.4, -0.2) is 25.8 Å². The zero-order valence-corrected chi connectivity index (χ0v) is 13.6. The van der Waals surface area contributed by atoms with Gasteiger partial charge in [-0.25, -0.2) is 14.5 Å². The molecule has 0 spiro atoms. The van der Waals surface area contributed by atoms with Crippen molar-refractivity contribution in [1.82, 2.24) is 14.8 Å². The molecule has 0 aliphatic carbocycles. The molecule has 1 aromatic carbocycles. The minimum atomic E-state index is -1.20. The first-order valence-electron chi connectivity index (χ1n) is 6.28. The van der Waals surface area contributed by atoms with Gasteiger partial charge in [-0.2, -0.15) is 0 Å². The van der Waals surface area contributed by atoms with Gasteiger partial charge in [0.05, 0.1) is 10.0 Å². The van der Waals surface area contributed by atoms with Gasteiger partial charge in [-0.15, -0.1) is 5.10 Å². The molecule has 0 amide bonds. The lowest BCUT2D eigenvalue weighted by molar-refractivity contribution is 0.0683. The minimum absolute atomic E-state index is 0.284. The summed E-state index contributed by atoms with van der Waals surface area (Å²) < 4.78 is 1.42. The quantitative estimate of drug-likeness (QED) is 0.908. The Morgan fingerprint density at radius 3 is 2.43 bits per heavy atom. The molecule has 1 heterocycles. The summed E-state index contributed by atoms with van der Waals surface area (Å²) in [7, 11) is 0. The van der Waals surface area contributed by atoms with Gasteiger partial charge in [0.1, 0.15) is 11.5 Å².